The molecular weight excluding hydrogens is 204 g/mol. The Hall–Kier alpha value is -1.48. The summed E-state index contributed by atoms with van der Waals surface area (Å²) < 4.78 is 16.1. The van der Waals surface area contributed by atoms with Crippen molar-refractivity contribution < 1.29 is 14.2 Å². The summed E-state index contributed by atoms with van der Waals surface area (Å²) in [4.78, 5) is 0. The Morgan fingerprint density at radius 2 is 2.38 bits per heavy atom. The van der Waals surface area contributed by atoms with Crippen LogP contribution in [0.4, 0.5) is 0 Å². The Morgan fingerprint density at radius 3 is 3.00 bits per heavy atom. The topological polar surface area (TPSA) is 31.0 Å². The van der Waals surface area contributed by atoms with E-state index >= 15 is 0 Å². The molecule has 16 heavy (non-hydrogen) atoms. The van der Waals surface area contributed by atoms with Gasteiger partial charge in [0.05, 0.1) is 13.7 Å². The maximum atomic E-state index is 5.74. The van der Waals surface area contributed by atoms with Crippen LogP contribution in [0.1, 0.15) is 5.56 Å². The number of hydrogen-bond donors (Lipinski definition) is 0. The highest BCUT2D eigenvalue weighted by atomic mass is 16.6. The van der Waals surface area contributed by atoms with Crippen molar-refractivity contribution in [1.29, 1.82) is 0 Å². The Kier molecular flexibility index (Phi) is 3.47. The number of rotatable bonds is 6. The number of epoxide rings is 1. The largest absolute Gasteiger partial charge is 0.493 e. The molecule has 0 radical (unpaired) electrons. The van der Waals surface area contributed by atoms with Gasteiger partial charge in [-0.3, -0.25) is 0 Å². The Labute approximate surface area is 95.6 Å². The normalized spacial score (nSPS) is 17.9. The van der Waals surface area contributed by atoms with Crippen LogP contribution in [0.2, 0.25) is 0 Å². The molecular formula is C13H16O3. The predicted octanol–water partition coefficient (Wildman–Crippen LogP) is 2.20. The zero-order chi connectivity index (χ0) is 11.4. The molecule has 3 heteroatoms. The SMILES string of the molecule is C=CCc1cccc(OC)c1OCC1CO1. The third-order valence-corrected chi connectivity index (χ3v) is 2.46. The second kappa shape index (κ2) is 5.03. The van der Waals surface area contributed by atoms with E-state index in [-0.39, 0.29) is 6.10 Å². The Balaban J connectivity index is 2.16. The first-order valence-electron chi connectivity index (χ1n) is 5.36. The molecule has 1 atom stereocenters. The Bertz CT molecular complexity index is 369. The lowest BCUT2D eigenvalue weighted by Gasteiger charge is -2.13. The summed E-state index contributed by atoms with van der Waals surface area (Å²) in [5.74, 6) is 1.57. The average molecular weight is 220 g/mol. The fraction of sp³-hybridized carbons (Fsp3) is 0.385. The highest BCUT2D eigenvalue weighted by Gasteiger charge is 2.24. The van der Waals surface area contributed by atoms with Crippen molar-refractivity contribution >= 4 is 0 Å². The summed E-state index contributed by atoms with van der Waals surface area (Å²) in [7, 11) is 1.65. The number of benzene rings is 1. The van der Waals surface area contributed by atoms with Gasteiger partial charge in [0.2, 0.25) is 0 Å². The van der Waals surface area contributed by atoms with Crippen LogP contribution < -0.4 is 9.47 Å². The van der Waals surface area contributed by atoms with Crippen LogP contribution in [0.5, 0.6) is 11.5 Å². The van der Waals surface area contributed by atoms with E-state index in [1.54, 1.807) is 7.11 Å². The summed E-state index contributed by atoms with van der Waals surface area (Å²) in [5.41, 5.74) is 1.09. The second-order valence-electron chi connectivity index (χ2n) is 3.71. The molecule has 1 aliphatic rings. The van der Waals surface area contributed by atoms with Crippen molar-refractivity contribution in [3.63, 3.8) is 0 Å². The van der Waals surface area contributed by atoms with Crippen molar-refractivity contribution in [3.8, 4) is 11.5 Å². The van der Waals surface area contributed by atoms with Gasteiger partial charge in [-0.05, 0) is 12.5 Å². The molecule has 0 N–H and O–H groups in total. The van der Waals surface area contributed by atoms with Crippen LogP contribution in [0.3, 0.4) is 0 Å². The molecule has 1 heterocycles. The minimum atomic E-state index is 0.251. The molecule has 1 fully saturated rings. The zero-order valence-electron chi connectivity index (χ0n) is 9.44. The van der Waals surface area contributed by atoms with Crippen LogP contribution >= 0.6 is 0 Å². The van der Waals surface area contributed by atoms with Crippen molar-refractivity contribution in [3.05, 3.63) is 36.4 Å². The lowest BCUT2D eigenvalue weighted by atomic mass is 10.1. The van der Waals surface area contributed by atoms with Crippen molar-refractivity contribution in [2.24, 2.45) is 0 Å². The van der Waals surface area contributed by atoms with Gasteiger partial charge < -0.3 is 14.2 Å². The summed E-state index contributed by atoms with van der Waals surface area (Å²) in [5, 5.41) is 0. The van der Waals surface area contributed by atoms with E-state index in [0.717, 1.165) is 30.1 Å². The third kappa shape index (κ3) is 2.55. The predicted molar refractivity (Wildman–Crippen MR) is 62.1 cm³/mol. The molecule has 1 aromatic carbocycles. The molecule has 0 aliphatic carbocycles. The van der Waals surface area contributed by atoms with E-state index in [1.807, 2.05) is 24.3 Å². The van der Waals surface area contributed by atoms with E-state index in [0.29, 0.717) is 6.61 Å². The zero-order valence-corrected chi connectivity index (χ0v) is 9.44. The van der Waals surface area contributed by atoms with Crippen LogP contribution in [-0.4, -0.2) is 26.4 Å². The van der Waals surface area contributed by atoms with Gasteiger partial charge in [-0.25, -0.2) is 0 Å². The number of hydrogen-bond acceptors (Lipinski definition) is 3. The monoisotopic (exact) mass is 220 g/mol. The molecule has 0 bridgehead atoms. The first-order chi connectivity index (χ1) is 7.85. The van der Waals surface area contributed by atoms with Crippen LogP contribution in [0.15, 0.2) is 30.9 Å². The smallest absolute Gasteiger partial charge is 0.164 e. The molecule has 2 rings (SSSR count). The lowest BCUT2D eigenvalue weighted by Crippen LogP contribution is -2.07. The van der Waals surface area contributed by atoms with E-state index in [9.17, 15) is 0 Å². The summed E-state index contributed by atoms with van der Waals surface area (Å²) in [6.45, 7) is 5.12. The highest BCUT2D eigenvalue weighted by Crippen LogP contribution is 2.32. The minimum Gasteiger partial charge on any atom is -0.493 e. The van der Waals surface area contributed by atoms with Gasteiger partial charge in [0, 0.05) is 5.56 Å². The molecule has 0 amide bonds. The van der Waals surface area contributed by atoms with Gasteiger partial charge >= 0.3 is 0 Å². The highest BCUT2D eigenvalue weighted by molar-refractivity contribution is 5.47. The van der Waals surface area contributed by atoms with Crippen LogP contribution in [0, 0.1) is 0 Å². The lowest BCUT2D eigenvalue weighted by molar-refractivity contribution is 0.250. The fourth-order valence-electron chi connectivity index (χ4n) is 1.54. The van der Waals surface area contributed by atoms with E-state index in [2.05, 4.69) is 6.58 Å². The molecule has 3 nitrogen and oxygen atoms in total. The average Bonchev–Trinajstić information content (AvgIpc) is 3.11. The van der Waals surface area contributed by atoms with E-state index in [1.165, 1.54) is 0 Å². The number of methoxy groups -OCH3 is 1. The van der Waals surface area contributed by atoms with Gasteiger partial charge in [0.25, 0.3) is 0 Å². The molecule has 0 spiro atoms. The number of ether oxygens (including phenoxy) is 3. The minimum absolute atomic E-state index is 0.251. The maximum Gasteiger partial charge on any atom is 0.164 e. The molecule has 1 saturated heterocycles. The van der Waals surface area contributed by atoms with Crippen molar-refractivity contribution in [2.75, 3.05) is 20.3 Å². The molecule has 1 aliphatic heterocycles. The quantitative estimate of drug-likeness (QED) is 0.544. The summed E-state index contributed by atoms with van der Waals surface area (Å²) >= 11 is 0. The molecule has 86 valence electrons. The van der Waals surface area contributed by atoms with Crippen molar-refractivity contribution in [1.82, 2.24) is 0 Å². The van der Waals surface area contributed by atoms with Gasteiger partial charge in [-0.15, -0.1) is 6.58 Å². The van der Waals surface area contributed by atoms with Gasteiger partial charge in [-0.1, -0.05) is 18.2 Å². The first kappa shape index (κ1) is 11.0. The number of para-hydroxylation sites is 1. The standard InChI is InChI=1S/C13H16O3/c1-3-5-10-6-4-7-12(14-2)13(10)16-9-11-8-15-11/h3-4,6-7,11H,1,5,8-9H2,2H3. The fourth-order valence-corrected chi connectivity index (χ4v) is 1.54. The third-order valence-electron chi connectivity index (χ3n) is 2.46. The molecule has 1 aromatic rings. The van der Waals surface area contributed by atoms with Gasteiger partial charge in [-0.2, -0.15) is 0 Å². The van der Waals surface area contributed by atoms with E-state index in [4.69, 9.17) is 14.2 Å². The summed E-state index contributed by atoms with van der Waals surface area (Å²) in [6, 6.07) is 5.88. The molecule has 0 aromatic heterocycles. The molecule has 1 unspecified atom stereocenters. The molecule has 0 saturated carbocycles. The van der Waals surface area contributed by atoms with Gasteiger partial charge in [0.1, 0.15) is 12.7 Å². The van der Waals surface area contributed by atoms with Crippen LogP contribution in [-0.2, 0) is 11.2 Å². The first-order valence-corrected chi connectivity index (χ1v) is 5.36. The summed E-state index contributed by atoms with van der Waals surface area (Å²) in [6.07, 6.45) is 2.88. The second-order valence-corrected chi connectivity index (χ2v) is 3.71. The van der Waals surface area contributed by atoms with Crippen molar-refractivity contribution in [2.45, 2.75) is 12.5 Å². The van der Waals surface area contributed by atoms with E-state index < -0.39 is 0 Å². The Morgan fingerprint density at radius 1 is 1.56 bits per heavy atom. The van der Waals surface area contributed by atoms with Gasteiger partial charge in [0.15, 0.2) is 11.5 Å². The number of allylic oxidation sites excluding steroid dienone is 1. The maximum absolute atomic E-state index is 5.74. The van der Waals surface area contributed by atoms with Crippen LogP contribution in [0.25, 0.3) is 0 Å².